The maximum atomic E-state index is 12.0. The number of hydrogen-bond donors (Lipinski definition) is 0. The molecule has 0 spiro atoms. The number of carbonyl (C=O) groups is 3. The minimum Gasteiger partial charge on any atom is -0.465 e. The molecular weight excluding hydrogens is 300 g/mol. The van der Waals surface area contributed by atoms with Gasteiger partial charge < -0.3 is 14.2 Å². The van der Waals surface area contributed by atoms with E-state index in [1.807, 2.05) is 20.8 Å². The van der Waals surface area contributed by atoms with Crippen LogP contribution >= 0.6 is 0 Å². The number of rotatable bonds is 6. The number of carbonyl (C=O) groups excluding carboxylic acids is 3. The zero-order valence-corrected chi connectivity index (χ0v) is 13.9. The smallest absolute Gasteiger partial charge is 0.311 e. The van der Waals surface area contributed by atoms with E-state index in [0.717, 1.165) is 12.8 Å². The largest absolute Gasteiger partial charge is 0.465 e. The van der Waals surface area contributed by atoms with Gasteiger partial charge in [-0.05, 0) is 33.1 Å². The monoisotopic (exact) mass is 324 g/mol. The molecule has 0 radical (unpaired) electrons. The van der Waals surface area contributed by atoms with E-state index in [-0.39, 0.29) is 54.9 Å². The van der Waals surface area contributed by atoms with Crippen molar-refractivity contribution in [1.29, 1.82) is 0 Å². The van der Waals surface area contributed by atoms with E-state index < -0.39 is 11.4 Å². The van der Waals surface area contributed by atoms with Crippen molar-refractivity contribution in [3.63, 3.8) is 0 Å². The molecule has 0 aromatic carbocycles. The SMILES string of the molecule is CCC(C)(C)C(=O)OCCC(=O)OC1C2CC3C(=O)OC1C3C2. The highest BCUT2D eigenvalue weighted by molar-refractivity contribution is 5.78. The molecule has 1 heterocycles. The molecular formula is C17H24O6. The Balaban J connectivity index is 1.44. The van der Waals surface area contributed by atoms with E-state index in [1.54, 1.807) is 0 Å². The molecule has 0 aromatic rings. The third-order valence-corrected chi connectivity index (χ3v) is 5.66. The van der Waals surface area contributed by atoms with Gasteiger partial charge in [0.15, 0.2) is 0 Å². The van der Waals surface area contributed by atoms with Crippen molar-refractivity contribution in [3.05, 3.63) is 0 Å². The van der Waals surface area contributed by atoms with E-state index in [1.165, 1.54) is 0 Å². The molecule has 128 valence electrons. The summed E-state index contributed by atoms with van der Waals surface area (Å²) in [5.41, 5.74) is -0.540. The summed E-state index contributed by atoms with van der Waals surface area (Å²) < 4.78 is 16.0. The van der Waals surface area contributed by atoms with Crippen molar-refractivity contribution < 1.29 is 28.6 Å². The van der Waals surface area contributed by atoms with Gasteiger partial charge >= 0.3 is 17.9 Å². The fourth-order valence-corrected chi connectivity index (χ4v) is 3.84. The lowest BCUT2D eigenvalue weighted by molar-refractivity contribution is -0.165. The molecule has 6 heteroatoms. The van der Waals surface area contributed by atoms with Crippen LogP contribution in [-0.2, 0) is 28.6 Å². The Kier molecular flexibility index (Phi) is 4.10. The highest BCUT2D eigenvalue weighted by Crippen LogP contribution is 2.55. The summed E-state index contributed by atoms with van der Waals surface area (Å²) in [7, 11) is 0. The summed E-state index contributed by atoms with van der Waals surface area (Å²) in [6, 6.07) is 0. The number of ether oxygens (including phenoxy) is 3. The van der Waals surface area contributed by atoms with Crippen LogP contribution in [-0.4, -0.2) is 36.7 Å². The molecule has 5 unspecified atom stereocenters. The average Bonchev–Trinajstić information content (AvgIpc) is 3.12. The zero-order valence-electron chi connectivity index (χ0n) is 13.9. The van der Waals surface area contributed by atoms with E-state index in [0.29, 0.717) is 6.42 Å². The fraction of sp³-hybridized carbons (Fsp3) is 0.824. The first kappa shape index (κ1) is 16.3. The van der Waals surface area contributed by atoms with Crippen LogP contribution in [0.1, 0.15) is 46.5 Å². The van der Waals surface area contributed by atoms with Gasteiger partial charge in [0.05, 0.1) is 17.8 Å². The van der Waals surface area contributed by atoms with Crippen LogP contribution in [0.15, 0.2) is 0 Å². The van der Waals surface area contributed by atoms with Crippen molar-refractivity contribution >= 4 is 17.9 Å². The topological polar surface area (TPSA) is 78.9 Å². The van der Waals surface area contributed by atoms with Gasteiger partial charge in [0.2, 0.25) is 0 Å². The van der Waals surface area contributed by atoms with Gasteiger partial charge in [0.1, 0.15) is 18.8 Å². The molecule has 0 aromatic heterocycles. The van der Waals surface area contributed by atoms with Crippen LogP contribution in [0.25, 0.3) is 0 Å². The van der Waals surface area contributed by atoms with Crippen LogP contribution < -0.4 is 0 Å². The lowest BCUT2D eigenvalue weighted by atomic mass is 9.88. The molecule has 2 aliphatic carbocycles. The Labute approximate surface area is 135 Å². The van der Waals surface area contributed by atoms with Gasteiger partial charge in [-0.15, -0.1) is 0 Å². The third-order valence-electron chi connectivity index (χ3n) is 5.66. The third kappa shape index (κ3) is 2.83. The predicted molar refractivity (Wildman–Crippen MR) is 79.1 cm³/mol. The Morgan fingerprint density at radius 1 is 1.30 bits per heavy atom. The lowest BCUT2D eigenvalue weighted by Crippen LogP contribution is -2.36. The second-order valence-corrected chi connectivity index (χ2v) is 7.48. The minimum absolute atomic E-state index is 0.0113. The van der Waals surface area contributed by atoms with Gasteiger partial charge in [-0.3, -0.25) is 14.4 Å². The van der Waals surface area contributed by atoms with Gasteiger partial charge in [-0.2, -0.15) is 0 Å². The molecule has 0 N–H and O–H groups in total. The first-order chi connectivity index (χ1) is 10.8. The van der Waals surface area contributed by atoms with Crippen LogP contribution in [0.5, 0.6) is 0 Å². The maximum absolute atomic E-state index is 12.0. The number of fused-ring (bicyclic) bond motifs is 1. The molecule has 5 atom stereocenters. The summed E-state index contributed by atoms with van der Waals surface area (Å²) >= 11 is 0. The van der Waals surface area contributed by atoms with Crippen LogP contribution in [0, 0.1) is 23.2 Å². The lowest BCUT2D eigenvalue weighted by Gasteiger charge is -2.25. The van der Waals surface area contributed by atoms with Gasteiger partial charge in [0, 0.05) is 11.8 Å². The summed E-state index contributed by atoms with van der Waals surface area (Å²) in [6.07, 6.45) is 1.78. The Morgan fingerprint density at radius 2 is 2.04 bits per heavy atom. The minimum atomic E-state index is -0.540. The van der Waals surface area contributed by atoms with E-state index in [4.69, 9.17) is 14.2 Å². The molecule has 1 saturated heterocycles. The van der Waals surface area contributed by atoms with Gasteiger partial charge in [-0.25, -0.2) is 0 Å². The molecule has 6 nitrogen and oxygen atoms in total. The fourth-order valence-electron chi connectivity index (χ4n) is 3.84. The summed E-state index contributed by atoms with van der Waals surface area (Å²) in [5, 5.41) is 0. The second kappa shape index (κ2) is 5.80. The summed E-state index contributed by atoms with van der Waals surface area (Å²) in [6.45, 7) is 5.57. The van der Waals surface area contributed by atoms with E-state index >= 15 is 0 Å². The highest BCUT2D eigenvalue weighted by atomic mass is 16.6. The molecule has 1 aliphatic heterocycles. The van der Waals surface area contributed by atoms with Crippen molar-refractivity contribution in [1.82, 2.24) is 0 Å². The summed E-state index contributed by atoms with van der Waals surface area (Å²) in [4.78, 5) is 35.5. The normalized spacial score (nSPS) is 34.4. The number of esters is 3. The highest BCUT2D eigenvalue weighted by Gasteiger charge is 2.63. The average molecular weight is 324 g/mol. The first-order valence-corrected chi connectivity index (χ1v) is 8.40. The standard InChI is InChI=1S/C17H24O6/c1-4-17(2,3)16(20)21-6-5-12(18)22-13-9-7-10-11(8-9)15(19)23-14(10)13/h9-11,13-14H,4-8H2,1-3H3. The predicted octanol–water partition coefficient (Wildman–Crippen LogP) is 1.85. The van der Waals surface area contributed by atoms with Crippen molar-refractivity contribution in [3.8, 4) is 0 Å². The molecule has 2 bridgehead atoms. The molecule has 3 aliphatic rings. The maximum Gasteiger partial charge on any atom is 0.311 e. The first-order valence-electron chi connectivity index (χ1n) is 8.40. The molecule has 2 saturated carbocycles. The molecule has 3 fully saturated rings. The van der Waals surface area contributed by atoms with E-state index in [2.05, 4.69) is 0 Å². The molecule has 23 heavy (non-hydrogen) atoms. The molecule has 3 rings (SSSR count). The summed E-state index contributed by atoms with van der Waals surface area (Å²) in [5.74, 6) is -0.390. The van der Waals surface area contributed by atoms with Crippen molar-refractivity contribution in [2.75, 3.05) is 6.61 Å². The van der Waals surface area contributed by atoms with Crippen molar-refractivity contribution in [2.45, 2.75) is 58.7 Å². The number of hydrogen-bond acceptors (Lipinski definition) is 6. The van der Waals surface area contributed by atoms with Crippen LogP contribution in [0.4, 0.5) is 0 Å². The van der Waals surface area contributed by atoms with Crippen LogP contribution in [0.2, 0.25) is 0 Å². The van der Waals surface area contributed by atoms with E-state index in [9.17, 15) is 14.4 Å². The van der Waals surface area contributed by atoms with Gasteiger partial charge in [-0.1, -0.05) is 6.92 Å². The van der Waals surface area contributed by atoms with Crippen LogP contribution in [0.3, 0.4) is 0 Å². The molecule has 0 amide bonds. The quantitative estimate of drug-likeness (QED) is 0.548. The Morgan fingerprint density at radius 3 is 2.74 bits per heavy atom. The second-order valence-electron chi connectivity index (χ2n) is 7.48. The van der Waals surface area contributed by atoms with Crippen molar-refractivity contribution in [2.24, 2.45) is 23.2 Å². The zero-order chi connectivity index (χ0) is 16.8. The Bertz CT molecular complexity index is 525. The van der Waals surface area contributed by atoms with Gasteiger partial charge in [0.25, 0.3) is 0 Å². The Hall–Kier alpha value is -1.59.